The van der Waals surface area contributed by atoms with Crippen LogP contribution in [0, 0.1) is 5.82 Å². The molecule has 17 heavy (non-hydrogen) atoms. The van der Waals surface area contributed by atoms with Crippen LogP contribution in [-0.4, -0.2) is 6.10 Å². The van der Waals surface area contributed by atoms with E-state index in [1.807, 2.05) is 44.2 Å². The van der Waals surface area contributed by atoms with Gasteiger partial charge >= 0.3 is 0 Å². The van der Waals surface area contributed by atoms with Gasteiger partial charge in [-0.3, -0.25) is 0 Å². The summed E-state index contributed by atoms with van der Waals surface area (Å²) >= 11 is 0. The predicted molar refractivity (Wildman–Crippen MR) is 67.6 cm³/mol. The van der Waals surface area contributed by atoms with Gasteiger partial charge in [-0.15, -0.1) is 0 Å². The fourth-order valence-corrected chi connectivity index (χ4v) is 1.70. The minimum absolute atomic E-state index is 0.117. The summed E-state index contributed by atoms with van der Waals surface area (Å²) < 4.78 is 19.2. The van der Waals surface area contributed by atoms with Crippen LogP contribution in [-0.2, 0) is 0 Å². The lowest BCUT2D eigenvalue weighted by atomic mass is 10.1. The molecule has 0 saturated heterocycles. The summed E-state index contributed by atoms with van der Waals surface area (Å²) in [5, 5.41) is 0. The smallest absolute Gasteiger partial charge is 0.131 e. The van der Waals surface area contributed by atoms with Crippen molar-refractivity contribution in [2.45, 2.75) is 20.0 Å². The molecule has 2 heteroatoms. The van der Waals surface area contributed by atoms with Crippen molar-refractivity contribution in [2.75, 3.05) is 0 Å². The Hall–Kier alpha value is -1.83. The van der Waals surface area contributed by atoms with Gasteiger partial charge in [0.1, 0.15) is 11.6 Å². The molecule has 2 aromatic rings. The molecule has 0 heterocycles. The summed E-state index contributed by atoms with van der Waals surface area (Å²) in [6.07, 6.45) is 0.117. The SMILES string of the molecule is CC(C)Oc1cccc(-c2ccccc2F)c1. The summed E-state index contributed by atoms with van der Waals surface area (Å²) in [6, 6.07) is 14.2. The van der Waals surface area contributed by atoms with E-state index in [1.165, 1.54) is 6.07 Å². The molecule has 0 saturated carbocycles. The third-order valence-electron chi connectivity index (χ3n) is 2.39. The lowest BCUT2D eigenvalue weighted by molar-refractivity contribution is 0.242. The van der Waals surface area contributed by atoms with Gasteiger partial charge in [-0.25, -0.2) is 4.39 Å². The van der Waals surface area contributed by atoms with Gasteiger partial charge in [0.25, 0.3) is 0 Å². The molecular formula is C15H15FO. The van der Waals surface area contributed by atoms with E-state index in [0.717, 1.165) is 11.3 Å². The third-order valence-corrected chi connectivity index (χ3v) is 2.39. The Morgan fingerprint density at radius 3 is 2.47 bits per heavy atom. The molecule has 2 rings (SSSR count). The number of rotatable bonds is 3. The van der Waals surface area contributed by atoms with E-state index >= 15 is 0 Å². The Balaban J connectivity index is 2.37. The molecule has 0 aliphatic rings. The van der Waals surface area contributed by atoms with E-state index in [0.29, 0.717) is 5.56 Å². The lowest BCUT2D eigenvalue weighted by Crippen LogP contribution is -2.05. The van der Waals surface area contributed by atoms with Crippen molar-refractivity contribution in [3.8, 4) is 16.9 Å². The van der Waals surface area contributed by atoms with Crippen LogP contribution >= 0.6 is 0 Å². The van der Waals surface area contributed by atoms with Crippen molar-refractivity contribution >= 4 is 0 Å². The molecule has 0 bridgehead atoms. The second kappa shape index (κ2) is 5.00. The number of halogens is 1. The summed E-state index contributed by atoms with van der Waals surface area (Å²) in [4.78, 5) is 0. The molecular weight excluding hydrogens is 215 g/mol. The standard InChI is InChI=1S/C15H15FO/c1-11(2)17-13-7-5-6-12(10-13)14-8-3-4-9-15(14)16/h3-11H,1-2H3. The minimum Gasteiger partial charge on any atom is -0.491 e. The summed E-state index contributed by atoms with van der Waals surface area (Å²) in [6.45, 7) is 3.94. The first-order valence-corrected chi connectivity index (χ1v) is 5.68. The molecule has 0 fully saturated rings. The van der Waals surface area contributed by atoms with Gasteiger partial charge in [0, 0.05) is 5.56 Å². The van der Waals surface area contributed by atoms with Crippen LogP contribution in [0.15, 0.2) is 48.5 Å². The average Bonchev–Trinajstić information content (AvgIpc) is 2.29. The molecule has 88 valence electrons. The molecule has 0 aliphatic carbocycles. The van der Waals surface area contributed by atoms with Crippen molar-refractivity contribution in [1.29, 1.82) is 0 Å². The molecule has 0 amide bonds. The molecule has 2 aromatic carbocycles. The zero-order chi connectivity index (χ0) is 12.3. The van der Waals surface area contributed by atoms with Crippen molar-refractivity contribution in [3.63, 3.8) is 0 Å². The van der Waals surface area contributed by atoms with E-state index < -0.39 is 0 Å². The molecule has 0 aliphatic heterocycles. The van der Waals surface area contributed by atoms with E-state index in [4.69, 9.17) is 4.74 Å². The van der Waals surface area contributed by atoms with Crippen LogP contribution in [0.1, 0.15) is 13.8 Å². The van der Waals surface area contributed by atoms with Gasteiger partial charge in [-0.05, 0) is 37.6 Å². The highest BCUT2D eigenvalue weighted by Crippen LogP contribution is 2.26. The van der Waals surface area contributed by atoms with E-state index in [-0.39, 0.29) is 11.9 Å². The second-order valence-electron chi connectivity index (χ2n) is 4.17. The van der Waals surface area contributed by atoms with Crippen LogP contribution in [0.25, 0.3) is 11.1 Å². The van der Waals surface area contributed by atoms with Crippen molar-refractivity contribution in [3.05, 3.63) is 54.3 Å². The highest BCUT2D eigenvalue weighted by atomic mass is 19.1. The summed E-state index contributed by atoms with van der Waals surface area (Å²) in [5.41, 5.74) is 1.43. The molecule has 0 N–H and O–H groups in total. The minimum atomic E-state index is -0.214. The maximum absolute atomic E-state index is 13.6. The molecule has 0 radical (unpaired) electrons. The van der Waals surface area contributed by atoms with Crippen LogP contribution in [0.5, 0.6) is 5.75 Å². The van der Waals surface area contributed by atoms with Crippen LogP contribution in [0.3, 0.4) is 0 Å². The van der Waals surface area contributed by atoms with Crippen molar-refractivity contribution in [1.82, 2.24) is 0 Å². The average molecular weight is 230 g/mol. The van der Waals surface area contributed by atoms with Gasteiger partial charge < -0.3 is 4.74 Å². The maximum atomic E-state index is 13.6. The largest absolute Gasteiger partial charge is 0.491 e. The van der Waals surface area contributed by atoms with Gasteiger partial charge in [-0.2, -0.15) is 0 Å². The first kappa shape index (κ1) is 11.6. The number of hydrogen-bond acceptors (Lipinski definition) is 1. The zero-order valence-corrected chi connectivity index (χ0v) is 9.98. The Labute approximate surface area is 101 Å². The van der Waals surface area contributed by atoms with Crippen molar-refractivity contribution < 1.29 is 9.13 Å². The molecule has 0 aromatic heterocycles. The van der Waals surface area contributed by atoms with Gasteiger partial charge in [-0.1, -0.05) is 30.3 Å². The maximum Gasteiger partial charge on any atom is 0.131 e. The summed E-state index contributed by atoms with van der Waals surface area (Å²) in [7, 11) is 0. The topological polar surface area (TPSA) is 9.23 Å². The van der Waals surface area contributed by atoms with Gasteiger partial charge in [0.2, 0.25) is 0 Å². The normalized spacial score (nSPS) is 10.6. The first-order valence-electron chi connectivity index (χ1n) is 5.68. The monoisotopic (exact) mass is 230 g/mol. The highest BCUT2D eigenvalue weighted by molar-refractivity contribution is 5.65. The third kappa shape index (κ3) is 2.84. The van der Waals surface area contributed by atoms with Crippen LogP contribution < -0.4 is 4.74 Å². The Kier molecular flexibility index (Phi) is 3.43. The Morgan fingerprint density at radius 1 is 1.00 bits per heavy atom. The van der Waals surface area contributed by atoms with E-state index in [9.17, 15) is 4.39 Å². The Morgan fingerprint density at radius 2 is 1.76 bits per heavy atom. The van der Waals surface area contributed by atoms with E-state index in [2.05, 4.69) is 0 Å². The fraction of sp³-hybridized carbons (Fsp3) is 0.200. The second-order valence-corrected chi connectivity index (χ2v) is 4.17. The van der Waals surface area contributed by atoms with Crippen molar-refractivity contribution in [2.24, 2.45) is 0 Å². The number of benzene rings is 2. The molecule has 0 spiro atoms. The van der Waals surface area contributed by atoms with Crippen LogP contribution in [0.4, 0.5) is 4.39 Å². The van der Waals surface area contributed by atoms with Gasteiger partial charge in [0.15, 0.2) is 0 Å². The molecule has 1 nitrogen and oxygen atoms in total. The number of hydrogen-bond donors (Lipinski definition) is 0. The van der Waals surface area contributed by atoms with Crippen LogP contribution in [0.2, 0.25) is 0 Å². The predicted octanol–water partition coefficient (Wildman–Crippen LogP) is 4.28. The first-order chi connectivity index (χ1) is 8.16. The number of ether oxygens (including phenoxy) is 1. The lowest BCUT2D eigenvalue weighted by Gasteiger charge is -2.11. The van der Waals surface area contributed by atoms with Gasteiger partial charge in [0.05, 0.1) is 6.10 Å². The molecule has 0 unspecified atom stereocenters. The summed E-state index contributed by atoms with van der Waals surface area (Å²) in [5.74, 6) is 0.551. The Bertz CT molecular complexity index is 506. The fourth-order valence-electron chi connectivity index (χ4n) is 1.70. The quantitative estimate of drug-likeness (QED) is 0.764. The van der Waals surface area contributed by atoms with E-state index in [1.54, 1.807) is 12.1 Å². The molecule has 0 atom stereocenters. The zero-order valence-electron chi connectivity index (χ0n) is 9.98. The highest BCUT2D eigenvalue weighted by Gasteiger charge is 2.05.